The highest BCUT2D eigenvalue weighted by atomic mass is 32.1. The van der Waals surface area contributed by atoms with Crippen LogP contribution < -0.4 is 0 Å². The van der Waals surface area contributed by atoms with Gasteiger partial charge in [-0.1, -0.05) is 18.2 Å². The molecule has 3 heterocycles. The number of nitrogens with zero attached hydrogens (tertiary/aromatic N) is 3. The molecular weight excluding hydrogens is 278 g/mol. The Bertz CT molecular complexity index is 823. The van der Waals surface area contributed by atoms with Crippen molar-refractivity contribution in [2.45, 2.75) is 6.04 Å². The second-order valence-corrected chi connectivity index (χ2v) is 5.96. The number of hydrogen-bond donors (Lipinski definition) is 0. The van der Waals surface area contributed by atoms with Crippen molar-refractivity contribution in [2.24, 2.45) is 7.05 Å². The van der Waals surface area contributed by atoms with Crippen molar-refractivity contribution in [2.75, 3.05) is 0 Å². The third-order valence-electron chi connectivity index (χ3n) is 3.90. The highest BCUT2D eigenvalue weighted by molar-refractivity contribution is 7.08. The van der Waals surface area contributed by atoms with E-state index in [0.717, 1.165) is 0 Å². The van der Waals surface area contributed by atoms with Gasteiger partial charge in [0.2, 0.25) is 0 Å². The number of benzene rings is 1. The average Bonchev–Trinajstić information content (AvgIpc) is 3.24. The maximum Gasteiger partial charge on any atom is 0.0954 e. The van der Waals surface area contributed by atoms with Crippen molar-refractivity contribution in [3.63, 3.8) is 0 Å². The molecule has 0 bridgehead atoms. The lowest BCUT2D eigenvalue weighted by molar-refractivity contribution is 0.681. The topological polar surface area (TPSA) is 22.8 Å². The van der Waals surface area contributed by atoms with Crippen LogP contribution in [0.15, 0.2) is 66.0 Å². The summed E-state index contributed by atoms with van der Waals surface area (Å²) in [5.74, 6) is 0. The number of imidazole rings is 1. The van der Waals surface area contributed by atoms with Crippen LogP contribution in [0.4, 0.5) is 0 Å². The van der Waals surface area contributed by atoms with Crippen LogP contribution in [0.5, 0.6) is 0 Å². The second-order valence-electron chi connectivity index (χ2n) is 5.18. The van der Waals surface area contributed by atoms with Gasteiger partial charge in [-0.2, -0.15) is 11.3 Å². The molecule has 3 aromatic heterocycles. The normalized spacial score (nSPS) is 12.8. The summed E-state index contributed by atoms with van der Waals surface area (Å²) >= 11 is 1.73. The Morgan fingerprint density at radius 2 is 2.10 bits per heavy atom. The first-order valence-corrected chi connectivity index (χ1v) is 7.82. The molecule has 1 atom stereocenters. The van der Waals surface area contributed by atoms with Crippen molar-refractivity contribution >= 4 is 22.2 Å². The Kier molecular flexibility index (Phi) is 2.89. The first-order chi connectivity index (χ1) is 10.3. The molecule has 21 heavy (non-hydrogen) atoms. The molecule has 0 aliphatic carbocycles. The molecule has 3 nitrogen and oxygen atoms in total. The lowest BCUT2D eigenvalue weighted by Crippen LogP contribution is -2.09. The van der Waals surface area contributed by atoms with Gasteiger partial charge in [-0.05, 0) is 28.5 Å². The third kappa shape index (κ3) is 1.99. The van der Waals surface area contributed by atoms with Gasteiger partial charge in [-0.25, -0.2) is 4.98 Å². The van der Waals surface area contributed by atoms with Crippen LogP contribution in [0.1, 0.15) is 17.2 Å². The molecule has 0 saturated carbocycles. The quantitative estimate of drug-likeness (QED) is 0.558. The van der Waals surface area contributed by atoms with Crippen LogP contribution in [0.25, 0.3) is 10.9 Å². The minimum Gasteiger partial charge on any atom is -0.350 e. The summed E-state index contributed by atoms with van der Waals surface area (Å²) < 4.78 is 4.37. The van der Waals surface area contributed by atoms with Gasteiger partial charge >= 0.3 is 0 Å². The van der Waals surface area contributed by atoms with E-state index in [0.29, 0.717) is 0 Å². The fourth-order valence-electron chi connectivity index (χ4n) is 2.96. The first kappa shape index (κ1) is 12.4. The molecule has 0 fully saturated rings. The Hall–Kier alpha value is -2.33. The molecule has 1 unspecified atom stereocenters. The van der Waals surface area contributed by atoms with Crippen LogP contribution >= 0.6 is 11.3 Å². The van der Waals surface area contributed by atoms with Crippen molar-refractivity contribution in [1.29, 1.82) is 0 Å². The van der Waals surface area contributed by atoms with Gasteiger partial charge in [-0.3, -0.25) is 0 Å². The summed E-state index contributed by atoms with van der Waals surface area (Å²) in [5.41, 5.74) is 3.87. The minimum atomic E-state index is 0.171. The number of aryl methyl sites for hydroxylation is 1. The Balaban J connectivity index is 1.98. The van der Waals surface area contributed by atoms with E-state index in [1.807, 2.05) is 18.7 Å². The summed E-state index contributed by atoms with van der Waals surface area (Å²) in [6.07, 6.45) is 7.99. The molecule has 0 aliphatic heterocycles. The Morgan fingerprint density at radius 1 is 1.19 bits per heavy atom. The molecule has 0 saturated heterocycles. The molecular formula is C17H15N3S. The van der Waals surface area contributed by atoms with Crippen LogP contribution in [0.3, 0.4) is 0 Å². The molecule has 0 amide bonds. The molecule has 4 aromatic rings. The zero-order valence-electron chi connectivity index (χ0n) is 11.7. The van der Waals surface area contributed by atoms with E-state index in [-0.39, 0.29) is 6.04 Å². The van der Waals surface area contributed by atoms with Gasteiger partial charge in [0.05, 0.1) is 12.4 Å². The number of fused-ring (bicyclic) bond motifs is 1. The zero-order chi connectivity index (χ0) is 14.2. The summed E-state index contributed by atoms with van der Waals surface area (Å²) in [7, 11) is 2.10. The maximum absolute atomic E-state index is 4.22. The molecule has 0 spiro atoms. The number of rotatable bonds is 3. The predicted molar refractivity (Wildman–Crippen MR) is 86.7 cm³/mol. The lowest BCUT2D eigenvalue weighted by Gasteiger charge is -2.17. The van der Waals surface area contributed by atoms with E-state index in [1.54, 1.807) is 11.3 Å². The van der Waals surface area contributed by atoms with Gasteiger partial charge in [-0.15, -0.1) is 0 Å². The summed E-state index contributed by atoms with van der Waals surface area (Å²) in [6.45, 7) is 0. The zero-order valence-corrected chi connectivity index (χ0v) is 12.5. The number of thiophene rings is 1. The van der Waals surface area contributed by atoms with Crippen LogP contribution in [-0.4, -0.2) is 14.1 Å². The highest BCUT2D eigenvalue weighted by Gasteiger charge is 2.20. The molecule has 4 rings (SSSR count). The molecule has 0 N–H and O–H groups in total. The van der Waals surface area contributed by atoms with E-state index in [2.05, 4.69) is 68.5 Å². The first-order valence-electron chi connectivity index (χ1n) is 6.88. The van der Waals surface area contributed by atoms with E-state index < -0.39 is 0 Å². The fourth-order valence-corrected chi connectivity index (χ4v) is 3.63. The summed E-state index contributed by atoms with van der Waals surface area (Å²) in [4.78, 5) is 4.22. The van der Waals surface area contributed by atoms with Crippen LogP contribution in [0.2, 0.25) is 0 Å². The SMILES string of the molecule is Cn1cc(C(c2ccsc2)n2ccnc2)c2ccccc21. The van der Waals surface area contributed by atoms with E-state index in [1.165, 1.54) is 22.0 Å². The van der Waals surface area contributed by atoms with Crippen molar-refractivity contribution in [3.8, 4) is 0 Å². The molecule has 4 heteroatoms. The van der Waals surface area contributed by atoms with E-state index >= 15 is 0 Å². The van der Waals surface area contributed by atoms with E-state index in [9.17, 15) is 0 Å². The standard InChI is InChI=1S/C17H15N3S/c1-19-10-15(14-4-2-3-5-16(14)19)17(13-6-9-21-11-13)20-8-7-18-12-20/h2-12,17H,1H3. The molecule has 104 valence electrons. The number of aromatic nitrogens is 3. The highest BCUT2D eigenvalue weighted by Crippen LogP contribution is 2.33. The monoisotopic (exact) mass is 293 g/mol. The van der Waals surface area contributed by atoms with Gasteiger partial charge in [0.1, 0.15) is 0 Å². The smallest absolute Gasteiger partial charge is 0.0954 e. The summed E-state index contributed by atoms with van der Waals surface area (Å²) in [5, 5.41) is 5.64. The number of para-hydroxylation sites is 1. The number of hydrogen-bond acceptors (Lipinski definition) is 2. The van der Waals surface area contributed by atoms with Crippen molar-refractivity contribution in [3.05, 3.63) is 77.1 Å². The van der Waals surface area contributed by atoms with Crippen molar-refractivity contribution in [1.82, 2.24) is 14.1 Å². The van der Waals surface area contributed by atoms with Gasteiger partial charge < -0.3 is 9.13 Å². The van der Waals surface area contributed by atoms with E-state index in [4.69, 9.17) is 0 Å². The second kappa shape index (κ2) is 4.90. The van der Waals surface area contributed by atoms with Gasteiger partial charge in [0.25, 0.3) is 0 Å². The van der Waals surface area contributed by atoms with Crippen molar-refractivity contribution < 1.29 is 0 Å². The third-order valence-corrected chi connectivity index (χ3v) is 4.61. The molecule has 0 radical (unpaired) electrons. The van der Waals surface area contributed by atoms with Crippen LogP contribution in [0, 0.1) is 0 Å². The average molecular weight is 293 g/mol. The summed E-state index contributed by atoms with van der Waals surface area (Å²) in [6, 6.07) is 10.9. The molecule has 0 aliphatic rings. The Labute approximate surface area is 127 Å². The Morgan fingerprint density at radius 3 is 2.86 bits per heavy atom. The minimum absolute atomic E-state index is 0.171. The lowest BCUT2D eigenvalue weighted by atomic mass is 10.0. The van der Waals surface area contributed by atoms with Crippen LogP contribution in [-0.2, 0) is 7.05 Å². The maximum atomic E-state index is 4.22. The molecule has 1 aromatic carbocycles. The predicted octanol–water partition coefficient (Wildman–Crippen LogP) is 4.07. The van der Waals surface area contributed by atoms with Gasteiger partial charge in [0.15, 0.2) is 0 Å². The largest absolute Gasteiger partial charge is 0.350 e. The van der Waals surface area contributed by atoms with Gasteiger partial charge in [0, 0.05) is 42.1 Å². The fraction of sp³-hybridized carbons (Fsp3) is 0.118.